The van der Waals surface area contributed by atoms with Crippen molar-refractivity contribution in [2.24, 2.45) is 0 Å². The third-order valence-corrected chi connectivity index (χ3v) is 3.19. The summed E-state index contributed by atoms with van der Waals surface area (Å²) in [6, 6.07) is 0.507. The van der Waals surface area contributed by atoms with Gasteiger partial charge in [-0.2, -0.15) is 0 Å². The lowest BCUT2D eigenvalue weighted by Gasteiger charge is -2.26. The predicted octanol–water partition coefficient (Wildman–Crippen LogP) is 1.71. The lowest BCUT2D eigenvalue weighted by atomic mass is 10.2. The zero-order valence-corrected chi connectivity index (χ0v) is 10.2. The second-order valence-corrected chi connectivity index (χ2v) is 4.40. The second-order valence-electron chi connectivity index (χ2n) is 3.99. The summed E-state index contributed by atoms with van der Waals surface area (Å²) in [5.41, 5.74) is 0. The van der Waals surface area contributed by atoms with Gasteiger partial charge in [0.25, 0.3) is 0 Å². The van der Waals surface area contributed by atoms with Crippen LogP contribution >= 0.6 is 11.6 Å². The Morgan fingerprint density at radius 3 is 3.25 bits per heavy atom. The first kappa shape index (κ1) is 11.6. The van der Waals surface area contributed by atoms with E-state index in [-0.39, 0.29) is 0 Å². The molecule has 1 aromatic rings. The molecule has 1 atom stereocenters. The average Bonchev–Trinajstić information content (AvgIpc) is 2.75. The highest BCUT2D eigenvalue weighted by atomic mass is 35.5. The van der Waals surface area contributed by atoms with E-state index in [2.05, 4.69) is 27.1 Å². The van der Waals surface area contributed by atoms with Crippen LogP contribution in [0.15, 0.2) is 12.5 Å². The van der Waals surface area contributed by atoms with E-state index in [1.165, 1.54) is 12.8 Å². The van der Waals surface area contributed by atoms with E-state index in [1.807, 2.05) is 0 Å². The van der Waals surface area contributed by atoms with E-state index < -0.39 is 0 Å². The summed E-state index contributed by atoms with van der Waals surface area (Å²) in [6.07, 6.45) is 5.63. The first-order chi connectivity index (χ1) is 7.83. The highest BCUT2D eigenvalue weighted by Crippen LogP contribution is 2.28. The molecule has 1 aliphatic heterocycles. The number of hydrogen-bond acceptors (Lipinski definition) is 4. The van der Waals surface area contributed by atoms with Gasteiger partial charge in [-0.15, -0.1) is 0 Å². The van der Waals surface area contributed by atoms with Crippen LogP contribution in [-0.2, 0) is 0 Å². The van der Waals surface area contributed by atoms with Gasteiger partial charge in [0.1, 0.15) is 11.3 Å². The van der Waals surface area contributed by atoms with Gasteiger partial charge in [-0.25, -0.2) is 9.97 Å². The second kappa shape index (κ2) is 5.46. The average molecular weight is 241 g/mol. The monoisotopic (exact) mass is 240 g/mol. The summed E-state index contributed by atoms with van der Waals surface area (Å²) in [6.45, 7) is 5.16. The van der Waals surface area contributed by atoms with Crippen molar-refractivity contribution in [2.75, 3.05) is 24.5 Å². The molecule has 1 saturated heterocycles. The van der Waals surface area contributed by atoms with Crippen molar-refractivity contribution in [3.63, 3.8) is 0 Å². The molecule has 0 radical (unpaired) electrons. The highest BCUT2D eigenvalue weighted by molar-refractivity contribution is 6.32. The minimum Gasteiger partial charge on any atom is -0.351 e. The van der Waals surface area contributed by atoms with Crippen LogP contribution in [0.5, 0.6) is 0 Å². The van der Waals surface area contributed by atoms with E-state index in [0.29, 0.717) is 11.1 Å². The first-order valence-corrected chi connectivity index (χ1v) is 6.13. The molecule has 0 saturated carbocycles. The zero-order valence-electron chi connectivity index (χ0n) is 9.49. The Morgan fingerprint density at radius 1 is 1.62 bits per heavy atom. The van der Waals surface area contributed by atoms with E-state index in [1.54, 1.807) is 12.5 Å². The topological polar surface area (TPSA) is 41.0 Å². The van der Waals surface area contributed by atoms with Gasteiger partial charge in [0.05, 0.1) is 6.20 Å². The van der Waals surface area contributed by atoms with Crippen LogP contribution in [0.4, 0.5) is 5.82 Å². The Labute approximate surface area is 101 Å². The number of rotatable bonds is 4. The molecule has 5 heteroatoms. The van der Waals surface area contributed by atoms with Crippen LogP contribution in [0.25, 0.3) is 0 Å². The van der Waals surface area contributed by atoms with E-state index >= 15 is 0 Å². The minimum absolute atomic E-state index is 0.507. The van der Waals surface area contributed by atoms with Gasteiger partial charge in [0, 0.05) is 19.1 Å². The Hall–Kier alpha value is -0.870. The summed E-state index contributed by atoms with van der Waals surface area (Å²) < 4.78 is 0. The number of nitrogens with zero attached hydrogens (tertiary/aromatic N) is 3. The standard InChI is InChI=1S/C11H17ClN4/c1-2-13-6-9-4-3-5-16(9)11-10(12)7-14-8-15-11/h7-9,13H,2-6H2,1H3. The molecule has 2 heterocycles. The molecule has 16 heavy (non-hydrogen) atoms. The molecule has 0 bridgehead atoms. The number of anilines is 1. The van der Waals surface area contributed by atoms with Crippen molar-refractivity contribution >= 4 is 17.4 Å². The molecule has 0 spiro atoms. The van der Waals surface area contributed by atoms with Crippen LogP contribution in [0, 0.1) is 0 Å². The predicted molar refractivity (Wildman–Crippen MR) is 66.0 cm³/mol. The molecule has 1 aromatic heterocycles. The van der Waals surface area contributed by atoms with Crippen molar-refractivity contribution < 1.29 is 0 Å². The van der Waals surface area contributed by atoms with Crippen LogP contribution < -0.4 is 10.2 Å². The van der Waals surface area contributed by atoms with E-state index in [4.69, 9.17) is 11.6 Å². The summed E-state index contributed by atoms with van der Waals surface area (Å²) in [7, 11) is 0. The quantitative estimate of drug-likeness (QED) is 0.870. The SMILES string of the molecule is CCNCC1CCCN1c1ncncc1Cl. The van der Waals surface area contributed by atoms with Gasteiger partial charge < -0.3 is 10.2 Å². The summed E-state index contributed by atoms with van der Waals surface area (Å²) >= 11 is 6.12. The van der Waals surface area contributed by atoms with Gasteiger partial charge in [-0.05, 0) is 19.4 Å². The Kier molecular flexibility index (Phi) is 3.96. The Balaban J connectivity index is 2.10. The van der Waals surface area contributed by atoms with Crippen LogP contribution in [0.3, 0.4) is 0 Å². The summed E-state index contributed by atoms with van der Waals surface area (Å²) in [4.78, 5) is 10.5. The molecule has 4 nitrogen and oxygen atoms in total. The Bertz CT molecular complexity index is 345. The zero-order chi connectivity index (χ0) is 11.4. The lowest BCUT2D eigenvalue weighted by Crippen LogP contribution is -2.38. The third-order valence-electron chi connectivity index (χ3n) is 2.93. The molecular formula is C11H17ClN4. The number of aromatic nitrogens is 2. The van der Waals surface area contributed by atoms with Crippen molar-refractivity contribution in [3.05, 3.63) is 17.5 Å². The van der Waals surface area contributed by atoms with Gasteiger partial charge in [-0.3, -0.25) is 0 Å². The molecule has 1 fully saturated rings. The van der Waals surface area contributed by atoms with Gasteiger partial charge in [0.15, 0.2) is 5.82 Å². The third kappa shape index (κ3) is 2.44. The number of likely N-dealkylation sites (N-methyl/N-ethyl adjacent to an activating group) is 1. The summed E-state index contributed by atoms with van der Waals surface area (Å²) in [5, 5.41) is 4.03. The minimum atomic E-state index is 0.507. The highest BCUT2D eigenvalue weighted by Gasteiger charge is 2.26. The maximum Gasteiger partial charge on any atom is 0.151 e. The Morgan fingerprint density at radius 2 is 2.50 bits per heavy atom. The lowest BCUT2D eigenvalue weighted by molar-refractivity contribution is 0.584. The van der Waals surface area contributed by atoms with Crippen molar-refractivity contribution in [1.29, 1.82) is 0 Å². The summed E-state index contributed by atoms with van der Waals surface area (Å²) in [5.74, 6) is 0.872. The van der Waals surface area contributed by atoms with Crippen LogP contribution in [0.1, 0.15) is 19.8 Å². The van der Waals surface area contributed by atoms with Gasteiger partial charge in [0.2, 0.25) is 0 Å². The van der Waals surface area contributed by atoms with Crippen molar-refractivity contribution in [1.82, 2.24) is 15.3 Å². The first-order valence-electron chi connectivity index (χ1n) is 5.75. The molecule has 0 aliphatic carbocycles. The molecule has 1 aliphatic rings. The fourth-order valence-corrected chi connectivity index (χ4v) is 2.37. The molecular weight excluding hydrogens is 224 g/mol. The largest absolute Gasteiger partial charge is 0.351 e. The maximum absolute atomic E-state index is 6.12. The van der Waals surface area contributed by atoms with Crippen LogP contribution in [0.2, 0.25) is 5.02 Å². The van der Waals surface area contributed by atoms with Crippen molar-refractivity contribution in [3.8, 4) is 0 Å². The number of nitrogens with one attached hydrogen (secondary N) is 1. The maximum atomic E-state index is 6.12. The smallest absolute Gasteiger partial charge is 0.151 e. The van der Waals surface area contributed by atoms with Gasteiger partial charge in [-0.1, -0.05) is 18.5 Å². The van der Waals surface area contributed by atoms with E-state index in [0.717, 1.165) is 25.5 Å². The van der Waals surface area contributed by atoms with Gasteiger partial charge >= 0.3 is 0 Å². The molecule has 1 N–H and O–H groups in total. The number of hydrogen-bond donors (Lipinski definition) is 1. The molecule has 1 unspecified atom stereocenters. The normalized spacial score (nSPS) is 20.4. The van der Waals surface area contributed by atoms with E-state index in [9.17, 15) is 0 Å². The number of halogens is 1. The molecule has 88 valence electrons. The fourth-order valence-electron chi connectivity index (χ4n) is 2.16. The van der Waals surface area contributed by atoms with Crippen LogP contribution in [-0.4, -0.2) is 35.6 Å². The molecule has 2 rings (SSSR count). The fraction of sp³-hybridized carbons (Fsp3) is 0.636. The molecule has 0 amide bonds. The molecule has 0 aromatic carbocycles. The van der Waals surface area contributed by atoms with Crippen molar-refractivity contribution in [2.45, 2.75) is 25.8 Å².